The third kappa shape index (κ3) is 6.49. The second-order valence-corrected chi connectivity index (χ2v) is 7.28. The molecule has 1 fully saturated rings. The summed E-state index contributed by atoms with van der Waals surface area (Å²) < 4.78 is 10.8. The fraction of sp³-hybridized carbons (Fsp3) is 0.391. The third-order valence-corrected chi connectivity index (χ3v) is 5.07. The molecule has 0 spiro atoms. The van der Waals surface area contributed by atoms with Crippen molar-refractivity contribution in [2.45, 2.75) is 26.1 Å². The Bertz CT molecular complexity index is 795. The summed E-state index contributed by atoms with van der Waals surface area (Å²) in [4.78, 5) is 27.6. The molecule has 1 saturated heterocycles. The summed E-state index contributed by atoms with van der Waals surface area (Å²) in [6, 6.07) is 18.9. The number of amides is 2. The van der Waals surface area contributed by atoms with Crippen LogP contribution in [0.3, 0.4) is 0 Å². The van der Waals surface area contributed by atoms with E-state index in [4.69, 9.17) is 9.47 Å². The van der Waals surface area contributed by atoms with Crippen molar-refractivity contribution in [2.24, 2.45) is 0 Å². The van der Waals surface area contributed by atoms with Gasteiger partial charge >= 0.3 is 12.2 Å². The van der Waals surface area contributed by atoms with Gasteiger partial charge in [0.1, 0.15) is 13.2 Å². The van der Waals surface area contributed by atoms with E-state index >= 15 is 0 Å². The van der Waals surface area contributed by atoms with Crippen LogP contribution in [0.5, 0.6) is 0 Å². The summed E-state index contributed by atoms with van der Waals surface area (Å²) >= 11 is 0. The molecule has 3 rings (SSSR count). The Balaban J connectivity index is 1.59. The van der Waals surface area contributed by atoms with Crippen molar-refractivity contribution >= 4 is 12.2 Å². The van der Waals surface area contributed by atoms with E-state index in [2.05, 4.69) is 4.90 Å². The molecule has 2 aromatic rings. The Kier molecular flexibility index (Phi) is 8.09. The fourth-order valence-electron chi connectivity index (χ4n) is 3.31. The Morgan fingerprint density at radius 2 is 1.33 bits per heavy atom. The standard InChI is InChI=1S/C23H29N3O4/c1-24(22(27)29-18-20-10-4-2-5-11-20)26(17-16-25-14-8-9-15-25)23(28)30-19-21-12-6-3-7-13-21/h2-7,10-13H,8-9,14-19H2,1H3. The molecule has 0 aromatic heterocycles. The number of carbonyl (C=O) groups excluding carboxylic acids is 2. The van der Waals surface area contributed by atoms with Crippen LogP contribution in [-0.4, -0.2) is 60.3 Å². The van der Waals surface area contributed by atoms with Gasteiger partial charge in [-0.3, -0.25) is 0 Å². The van der Waals surface area contributed by atoms with E-state index in [1.54, 1.807) is 0 Å². The number of likely N-dealkylation sites (tertiary alicyclic amines) is 1. The van der Waals surface area contributed by atoms with E-state index in [1.165, 1.54) is 17.1 Å². The van der Waals surface area contributed by atoms with Crippen LogP contribution in [0.1, 0.15) is 24.0 Å². The number of hydrogen-bond donors (Lipinski definition) is 0. The topological polar surface area (TPSA) is 62.3 Å². The smallest absolute Gasteiger partial charge is 0.429 e. The van der Waals surface area contributed by atoms with Crippen LogP contribution in [0.25, 0.3) is 0 Å². The van der Waals surface area contributed by atoms with Crippen LogP contribution in [0.2, 0.25) is 0 Å². The number of rotatable bonds is 7. The lowest BCUT2D eigenvalue weighted by molar-refractivity contribution is -0.0152. The quantitative estimate of drug-likeness (QED) is 0.647. The first-order valence-electron chi connectivity index (χ1n) is 10.3. The predicted octanol–water partition coefficient (Wildman–Crippen LogP) is 3.90. The molecule has 0 aliphatic carbocycles. The van der Waals surface area contributed by atoms with Crippen LogP contribution in [0.4, 0.5) is 9.59 Å². The van der Waals surface area contributed by atoms with Gasteiger partial charge in [0.2, 0.25) is 0 Å². The second kappa shape index (κ2) is 11.2. The van der Waals surface area contributed by atoms with Gasteiger partial charge in [0.25, 0.3) is 0 Å². The van der Waals surface area contributed by atoms with E-state index in [-0.39, 0.29) is 13.2 Å². The maximum Gasteiger partial charge on any atom is 0.429 e. The molecule has 0 unspecified atom stereocenters. The Labute approximate surface area is 177 Å². The number of ether oxygens (including phenoxy) is 2. The largest absolute Gasteiger partial charge is 0.443 e. The highest BCUT2D eigenvalue weighted by Gasteiger charge is 2.26. The minimum atomic E-state index is -0.600. The summed E-state index contributed by atoms with van der Waals surface area (Å²) in [5, 5.41) is 2.51. The summed E-state index contributed by atoms with van der Waals surface area (Å²) in [6.07, 6.45) is 1.15. The zero-order valence-electron chi connectivity index (χ0n) is 17.4. The average Bonchev–Trinajstić information content (AvgIpc) is 3.31. The van der Waals surface area contributed by atoms with Gasteiger partial charge in [-0.1, -0.05) is 60.7 Å². The molecule has 30 heavy (non-hydrogen) atoms. The van der Waals surface area contributed by atoms with Gasteiger partial charge in [-0.15, -0.1) is 0 Å². The molecule has 0 atom stereocenters. The number of carbonyl (C=O) groups is 2. The normalized spacial score (nSPS) is 13.6. The monoisotopic (exact) mass is 411 g/mol. The highest BCUT2D eigenvalue weighted by molar-refractivity contribution is 5.74. The van der Waals surface area contributed by atoms with Crippen LogP contribution >= 0.6 is 0 Å². The molecule has 7 heteroatoms. The molecular formula is C23H29N3O4. The van der Waals surface area contributed by atoms with Gasteiger partial charge in [0.15, 0.2) is 0 Å². The zero-order chi connectivity index (χ0) is 21.2. The van der Waals surface area contributed by atoms with Crippen molar-refractivity contribution in [1.29, 1.82) is 0 Å². The summed E-state index contributed by atoms with van der Waals surface area (Å²) in [7, 11) is 1.53. The molecule has 0 radical (unpaired) electrons. The first kappa shape index (κ1) is 21.6. The van der Waals surface area contributed by atoms with E-state index in [0.29, 0.717) is 13.1 Å². The van der Waals surface area contributed by atoms with Crippen molar-refractivity contribution in [3.63, 3.8) is 0 Å². The lowest BCUT2D eigenvalue weighted by Crippen LogP contribution is -2.50. The molecule has 0 saturated carbocycles. The number of hydrazine groups is 1. The predicted molar refractivity (Wildman–Crippen MR) is 113 cm³/mol. The van der Waals surface area contributed by atoms with Gasteiger partial charge < -0.3 is 14.4 Å². The highest BCUT2D eigenvalue weighted by Crippen LogP contribution is 2.11. The van der Waals surface area contributed by atoms with Gasteiger partial charge in [-0.2, -0.15) is 0 Å². The summed E-state index contributed by atoms with van der Waals surface area (Å²) in [5.74, 6) is 0. The van der Waals surface area contributed by atoms with Crippen LogP contribution in [-0.2, 0) is 22.7 Å². The molecule has 0 bridgehead atoms. The van der Waals surface area contributed by atoms with Crippen molar-refractivity contribution < 1.29 is 19.1 Å². The maximum absolute atomic E-state index is 12.8. The number of benzene rings is 2. The summed E-state index contributed by atoms with van der Waals surface area (Å²) in [5.41, 5.74) is 1.77. The molecule has 1 heterocycles. The lowest BCUT2D eigenvalue weighted by Gasteiger charge is -2.31. The molecule has 2 aromatic carbocycles. The second-order valence-electron chi connectivity index (χ2n) is 7.28. The Morgan fingerprint density at radius 3 is 1.87 bits per heavy atom. The van der Waals surface area contributed by atoms with Crippen molar-refractivity contribution in [2.75, 3.05) is 33.2 Å². The van der Waals surface area contributed by atoms with Crippen LogP contribution < -0.4 is 0 Å². The Hall–Kier alpha value is -3.06. The molecule has 1 aliphatic rings. The van der Waals surface area contributed by atoms with E-state index in [0.717, 1.165) is 37.1 Å². The van der Waals surface area contributed by atoms with Crippen molar-refractivity contribution in [1.82, 2.24) is 14.9 Å². The molecule has 7 nitrogen and oxygen atoms in total. The van der Waals surface area contributed by atoms with Crippen LogP contribution in [0.15, 0.2) is 60.7 Å². The van der Waals surface area contributed by atoms with Crippen molar-refractivity contribution in [3.05, 3.63) is 71.8 Å². The molecule has 0 N–H and O–H groups in total. The molecular weight excluding hydrogens is 382 g/mol. The minimum absolute atomic E-state index is 0.142. The fourth-order valence-corrected chi connectivity index (χ4v) is 3.31. The Morgan fingerprint density at radius 1 is 0.833 bits per heavy atom. The minimum Gasteiger partial charge on any atom is -0.443 e. The molecule has 1 aliphatic heterocycles. The number of hydrogen-bond acceptors (Lipinski definition) is 5. The first-order valence-corrected chi connectivity index (χ1v) is 10.3. The van der Waals surface area contributed by atoms with Gasteiger partial charge in [-0.25, -0.2) is 19.6 Å². The third-order valence-electron chi connectivity index (χ3n) is 5.07. The van der Waals surface area contributed by atoms with Gasteiger partial charge in [0.05, 0.1) is 6.54 Å². The van der Waals surface area contributed by atoms with E-state index in [9.17, 15) is 9.59 Å². The average molecular weight is 412 g/mol. The van der Waals surface area contributed by atoms with Crippen molar-refractivity contribution in [3.8, 4) is 0 Å². The van der Waals surface area contributed by atoms with Gasteiger partial charge in [-0.05, 0) is 37.1 Å². The molecule has 160 valence electrons. The van der Waals surface area contributed by atoms with Gasteiger partial charge in [0, 0.05) is 13.6 Å². The highest BCUT2D eigenvalue weighted by atomic mass is 16.6. The van der Waals surface area contributed by atoms with E-state index in [1.807, 2.05) is 60.7 Å². The van der Waals surface area contributed by atoms with Crippen LogP contribution in [0, 0.1) is 0 Å². The van der Waals surface area contributed by atoms with E-state index < -0.39 is 12.2 Å². The maximum atomic E-state index is 12.8. The first-order chi connectivity index (χ1) is 14.6. The lowest BCUT2D eigenvalue weighted by atomic mass is 10.2. The summed E-state index contributed by atoms with van der Waals surface area (Å²) in [6.45, 7) is 3.33. The number of nitrogens with zero attached hydrogens (tertiary/aromatic N) is 3. The zero-order valence-corrected chi connectivity index (χ0v) is 17.4. The SMILES string of the molecule is CN(C(=O)OCc1ccccc1)N(CCN1CCCC1)C(=O)OCc1ccccc1. The molecule has 2 amide bonds.